The highest BCUT2D eigenvalue weighted by molar-refractivity contribution is 7.92. The first-order chi connectivity index (χ1) is 25.1. The largest absolute Gasteiger partial charge is 0.390 e. The van der Waals surface area contributed by atoms with Crippen LogP contribution in [-0.4, -0.2) is 94.2 Å². The van der Waals surface area contributed by atoms with Gasteiger partial charge in [0.2, 0.25) is 11.8 Å². The molecule has 0 bridgehead atoms. The molecule has 3 heterocycles. The van der Waals surface area contributed by atoms with Crippen LogP contribution in [0.3, 0.4) is 0 Å². The number of pyridine rings is 2. The number of likely N-dealkylation sites (tertiary alicyclic amines) is 1. The van der Waals surface area contributed by atoms with Crippen molar-refractivity contribution in [3.05, 3.63) is 103 Å². The number of amides is 3. The van der Waals surface area contributed by atoms with Crippen molar-refractivity contribution in [1.29, 1.82) is 0 Å². The zero-order chi connectivity index (χ0) is 38.3. The number of nitrogens with one attached hydrogen (secondary N) is 3. The van der Waals surface area contributed by atoms with E-state index in [-0.39, 0.29) is 54.8 Å². The molecule has 5 rings (SSSR count). The standard InChI is InChI=1S/C40H50N6O6S/c1-26(2)36(44-37(48)32-16-15-28-13-9-10-14-31(28)42-32)39(50)43-33(23-27-11-7-6-8-12-27)35(47)25-46-22-19-30(24-34(46)38(49)45-40(3,4)5)53(51,52)29-17-20-41-21-18-29/h6-18,20-21,26,30,33-36,47H,19,22-25H2,1-5H3,(H,43,50)(H,44,48)(H,45,49)/t30-,33+,34+,35-,36+/m1/s1. The molecular formula is C40H50N6O6S. The average molecular weight is 743 g/mol. The quantitative estimate of drug-likeness (QED) is 0.160. The lowest BCUT2D eigenvalue weighted by Gasteiger charge is -2.41. The van der Waals surface area contributed by atoms with Crippen LogP contribution in [0.5, 0.6) is 0 Å². The molecule has 12 nitrogen and oxygen atoms in total. The third kappa shape index (κ3) is 10.2. The molecule has 4 aromatic rings. The lowest BCUT2D eigenvalue weighted by Crippen LogP contribution is -2.60. The minimum Gasteiger partial charge on any atom is -0.390 e. The minimum absolute atomic E-state index is 0.0122. The monoisotopic (exact) mass is 742 g/mol. The SMILES string of the molecule is CC(C)[C@H](NC(=O)c1ccc2ccccc2n1)C(=O)N[C@@H](Cc1ccccc1)[C@H](O)CN1CC[C@@H](S(=O)(=O)c2ccncc2)C[C@H]1C(=O)NC(C)(C)C. The highest BCUT2D eigenvalue weighted by Gasteiger charge is 2.42. The topological polar surface area (TPSA) is 171 Å². The molecular weight excluding hydrogens is 693 g/mol. The zero-order valence-electron chi connectivity index (χ0n) is 30.9. The number of para-hydroxylation sites is 1. The molecule has 1 fully saturated rings. The number of nitrogens with zero attached hydrogens (tertiary/aromatic N) is 3. The maximum atomic E-state index is 14.0. The zero-order valence-corrected chi connectivity index (χ0v) is 31.7. The molecule has 0 saturated carbocycles. The van der Waals surface area contributed by atoms with Crippen molar-refractivity contribution in [3.8, 4) is 0 Å². The molecule has 1 aliphatic rings. The maximum absolute atomic E-state index is 14.0. The number of hydrogen-bond acceptors (Lipinski definition) is 9. The number of aliphatic hydroxyl groups excluding tert-OH is 1. The van der Waals surface area contributed by atoms with Crippen LogP contribution < -0.4 is 16.0 Å². The van der Waals surface area contributed by atoms with Crippen LogP contribution in [0.4, 0.5) is 0 Å². The highest BCUT2D eigenvalue weighted by Crippen LogP contribution is 2.29. The summed E-state index contributed by atoms with van der Waals surface area (Å²) in [7, 11) is -3.76. The van der Waals surface area contributed by atoms with Crippen molar-refractivity contribution >= 4 is 38.5 Å². The van der Waals surface area contributed by atoms with E-state index in [1.807, 2.05) is 94.1 Å². The molecule has 2 aromatic carbocycles. The Morgan fingerprint density at radius 2 is 1.60 bits per heavy atom. The molecule has 1 saturated heterocycles. The van der Waals surface area contributed by atoms with Gasteiger partial charge in [-0.25, -0.2) is 13.4 Å². The Labute approximate surface area is 311 Å². The summed E-state index contributed by atoms with van der Waals surface area (Å²) >= 11 is 0. The van der Waals surface area contributed by atoms with Crippen LogP contribution >= 0.6 is 0 Å². The van der Waals surface area contributed by atoms with Crippen LogP contribution in [-0.2, 0) is 25.8 Å². The lowest BCUT2D eigenvalue weighted by atomic mass is 9.95. The van der Waals surface area contributed by atoms with E-state index in [2.05, 4.69) is 25.9 Å². The summed E-state index contributed by atoms with van der Waals surface area (Å²) in [6.45, 7) is 9.41. The summed E-state index contributed by atoms with van der Waals surface area (Å²) in [5.74, 6) is -1.62. The molecule has 53 heavy (non-hydrogen) atoms. The first-order valence-electron chi connectivity index (χ1n) is 18.0. The second kappa shape index (κ2) is 17.0. The van der Waals surface area contributed by atoms with Gasteiger partial charge < -0.3 is 21.1 Å². The van der Waals surface area contributed by atoms with E-state index in [1.54, 1.807) is 12.1 Å². The predicted molar refractivity (Wildman–Crippen MR) is 204 cm³/mol. The van der Waals surface area contributed by atoms with E-state index in [0.29, 0.717) is 5.52 Å². The van der Waals surface area contributed by atoms with Crippen molar-refractivity contribution in [1.82, 2.24) is 30.8 Å². The van der Waals surface area contributed by atoms with Crippen molar-refractivity contribution in [2.75, 3.05) is 13.1 Å². The van der Waals surface area contributed by atoms with E-state index in [1.165, 1.54) is 24.5 Å². The number of rotatable bonds is 13. The molecule has 1 aliphatic heterocycles. The number of hydrogen-bond donors (Lipinski definition) is 4. The number of fused-ring (bicyclic) bond motifs is 1. The van der Waals surface area contributed by atoms with Gasteiger partial charge in [0, 0.05) is 36.4 Å². The molecule has 2 aromatic heterocycles. The Hall–Kier alpha value is -4.72. The summed E-state index contributed by atoms with van der Waals surface area (Å²) in [6, 6.07) is 20.6. The van der Waals surface area contributed by atoms with Crippen molar-refractivity contribution < 1.29 is 27.9 Å². The number of sulfone groups is 1. The molecule has 13 heteroatoms. The average Bonchev–Trinajstić information content (AvgIpc) is 3.13. The van der Waals surface area contributed by atoms with Gasteiger partial charge in [0.1, 0.15) is 11.7 Å². The summed E-state index contributed by atoms with van der Waals surface area (Å²) in [4.78, 5) is 51.5. The van der Waals surface area contributed by atoms with Crippen LogP contribution in [0.15, 0.2) is 96.2 Å². The molecule has 3 amide bonds. The van der Waals surface area contributed by atoms with Gasteiger partial charge in [-0.15, -0.1) is 0 Å². The Balaban J connectivity index is 1.36. The number of β-amino-alcohol motifs (C(OH)–C–C–N with tert-alkyl or cyclic N) is 1. The number of piperidine rings is 1. The normalized spacial score (nSPS) is 18.5. The van der Waals surface area contributed by atoms with E-state index in [9.17, 15) is 27.9 Å². The second-order valence-corrected chi connectivity index (χ2v) is 17.3. The van der Waals surface area contributed by atoms with E-state index < -0.39 is 56.7 Å². The highest BCUT2D eigenvalue weighted by atomic mass is 32.2. The van der Waals surface area contributed by atoms with E-state index in [0.717, 1.165) is 10.9 Å². The Bertz CT molecular complexity index is 1990. The second-order valence-electron chi connectivity index (χ2n) is 15.1. The number of benzene rings is 2. The van der Waals surface area contributed by atoms with Gasteiger partial charge >= 0.3 is 0 Å². The fourth-order valence-electron chi connectivity index (χ4n) is 6.66. The van der Waals surface area contributed by atoms with Gasteiger partial charge in [0.15, 0.2) is 9.84 Å². The number of carbonyl (C=O) groups excluding carboxylic acids is 3. The summed E-state index contributed by atoms with van der Waals surface area (Å²) in [6.07, 6.45) is 2.24. The smallest absolute Gasteiger partial charge is 0.270 e. The molecule has 5 atom stereocenters. The van der Waals surface area contributed by atoms with Crippen molar-refractivity contribution in [2.24, 2.45) is 5.92 Å². The minimum atomic E-state index is -3.76. The van der Waals surface area contributed by atoms with Gasteiger partial charge in [-0.3, -0.25) is 24.3 Å². The Kier molecular flexibility index (Phi) is 12.6. The first kappa shape index (κ1) is 39.5. The van der Waals surface area contributed by atoms with E-state index in [4.69, 9.17) is 0 Å². The fraction of sp³-hybridized carbons (Fsp3) is 0.425. The van der Waals surface area contributed by atoms with Gasteiger partial charge in [-0.1, -0.05) is 68.4 Å². The van der Waals surface area contributed by atoms with Gasteiger partial charge in [-0.05, 0) is 75.8 Å². The van der Waals surface area contributed by atoms with Crippen LogP contribution in [0.2, 0.25) is 0 Å². The summed E-state index contributed by atoms with van der Waals surface area (Å²) in [5.41, 5.74) is 1.12. The molecule has 0 spiro atoms. The molecule has 282 valence electrons. The number of aliphatic hydroxyl groups is 1. The van der Waals surface area contributed by atoms with Gasteiger partial charge in [-0.2, -0.15) is 0 Å². The number of aromatic nitrogens is 2. The van der Waals surface area contributed by atoms with Crippen LogP contribution in [0.1, 0.15) is 63.5 Å². The molecule has 0 radical (unpaired) electrons. The molecule has 0 aliphatic carbocycles. The van der Waals surface area contributed by atoms with Crippen LogP contribution in [0.25, 0.3) is 10.9 Å². The predicted octanol–water partition coefficient (Wildman–Crippen LogP) is 3.69. The summed E-state index contributed by atoms with van der Waals surface area (Å²) < 4.78 is 27.3. The molecule has 0 unspecified atom stereocenters. The van der Waals surface area contributed by atoms with Crippen molar-refractivity contribution in [2.45, 2.75) is 93.8 Å². The lowest BCUT2D eigenvalue weighted by molar-refractivity contribution is -0.130. The fourth-order valence-corrected chi connectivity index (χ4v) is 8.40. The van der Waals surface area contributed by atoms with Gasteiger partial charge in [0.25, 0.3) is 5.91 Å². The maximum Gasteiger partial charge on any atom is 0.270 e. The Morgan fingerprint density at radius 3 is 2.28 bits per heavy atom. The van der Waals surface area contributed by atoms with Crippen LogP contribution in [0, 0.1) is 5.92 Å². The summed E-state index contributed by atoms with van der Waals surface area (Å²) in [5, 5.41) is 20.8. The number of carbonyl (C=O) groups is 3. The van der Waals surface area contributed by atoms with E-state index >= 15 is 0 Å². The third-order valence-electron chi connectivity index (χ3n) is 9.46. The first-order valence-corrected chi connectivity index (χ1v) is 19.6. The van der Waals surface area contributed by atoms with Crippen molar-refractivity contribution in [3.63, 3.8) is 0 Å². The van der Waals surface area contributed by atoms with Gasteiger partial charge in [0.05, 0.1) is 33.8 Å². The molecule has 4 N–H and O–H groups in total. The Morgan fingerprint density at radius 1 is 0.925 bits per heavy atom. The third-order valence-corrected chi connectivity index (χ3v) is 11.7.